The van der Waals surface area contributed by atoms with Gasteiger partial charge in [-0.3, -0.25) is 4.79 Å². The second-order valence-electron chi connectivity index (χ2n) is 4.11. The number of Topliss-reactive ketones (excluding diaryl/α,β-unsaturated/α-hetero) is 1. The van der Waals surface area contributed by atoms with Crippen molar-refractivity contribution in [3.8, 4) is 0 Å². The van der Waals surface area contributed by atoms with Gasteiger partial charge in [-0.15, -0.1) is 0 Å². The van der Waals surface area contributed by atoms with Gasteiger partial charge in [0.2, 0.25) is 5.78 Å². The third-order valence-electron chi connectivity index (χ3n) is 2.56. The Morgan fingerprint density at radius 1 is 1.16 bits per heavy atom. The molecular weight excluding hydrogens is 254 g/mol. The van der Waals surface area contributed by atoms with E-state index in [4.69, 9.17) is 0 Å². The maximum absolute atomic E-state index is 13.6. The summed E-state index contributed by atoms with van der Waals surface area (Å²) < 4.78 is 31.6. The first-order valence-electron chi connectivity index (χ1n) is 6.15. The molecule has 0 spiro atoms. The van der Waals surface area contributed by atoms with Gasteiger partial charge in [-0.25, -0.2) is 4.79 Å². The maximum Gasteiger partial charge on any atom is 0.404 e. The minimum absolute atomic E-state index is 0.0929. The zero-order chi connectivity index (χ0) is 14.3. The summed E-state index contributed by atoms with van der Waals surface area (Å²) >= 11 is 0. The monoisotopic (exact) mass is 270 g/mol. The Bertz CT molecular complexity index is 430. The summed E-state index contributed by atoms with van der Waals surface area (Å²) in [6, 6.07) is 6.98. The van der Waals surface area contributed by atoms with Gasteiger partial charge in [0.25, 0.3) is 0 Å². The summed E-state index contributed by atoms with van der Waals surface area (Å²) in [5, 5.41) is 0. The number of carbonyl (C=O) groups is 2. The molecule has 0 saturated heterocycles. The van der Waals surface area contributed by atoms with Crippen LogP contribution in [0.15, 0.2) is 30.3 Å². The Kier molecular flexibility index (Phi) is 5.60. The Balaban J connectivity index is 2.64. The fourth-order valence-electron chi connectivity index (χ4n) is 1.47. The van der Waals surface area contributed by atoms with Crippen molar-refractivity contribution in [2.75, 3.05) is 6.61 Å². The topological polar surface area (TPSA) is 43.4 Å². The van der Waals surface area contributed by atoms with Crippen LogP contribution in [0.2, 0.25) is 0 Å². The first kappa shape index (κ1) is 15.3. The molecule has 0 aliphatic heterocycles. The molecular formula is C14H16F2O3. The summed E-state index contributed by atoms with van der Waals surface area (Å²) in [5.74, 6) is -7.45. The molecule has 5 heteroatoms. The minimum atomic E-state index is -4.13. The summed E-state index contributed by atoms with van der Waals surface area (Å²) in [6.07, 6.45) is 2.18. The molecule has 0 heterocycles. The van der Waals surface area contributed by atoms with E-state index < -0.39 is 17.7 Å². The number of benzene rings is 1. The molecule has 19 heavy (non-hydrogen) atoms. The van der Waals surface area contributed by atoms with Crippen molar-refractivity contribution in [1.29, 1.82) is 0 Å². The zero-order valence-corrected chi connectivity index (χ0v) is 10.7. The van der Waals surface area contributed by atoms with Crippen LogP contribution < -0.4 is 0 Å². The molecule has 0 aliphatic carbocycles. The zero-order valence-electron chi connectivity index (χ0n) is 10.7. The Labute approximate surface area is 110 Å². The predicted octanol–water partition coefficient (Wildman–Crippen LogP) is 3.24. The first-order valence-corrected chi connectivity index (χ1v) is 6.15. The summed E-state index contributed by atoms with van der Waals surface area (Å²) in [4.78, 5) is 22.8. The van der Waals surface area contributed by atoms with Gasteiger partial charge in [-0.2, -0.15) is 8.78 Å². The lowest BCUT2D eigenvalue weighted by atomic mass is 10.1. The van der Waals surface area contributed by atoms with E-state index in [1.54, 1.807) is 6.07 Å². The summed E-state index contributed by atoms with van der Waals surface area (Å²) in [6.45, 7) is 1.85. The van der Waals surface area contributed by atoms with Crippen LogP contribution in [-0.2, 0) is 9.53 Å². The molecule has 0 aliphatic rings. The normalized spacial score (nSPS) is 11.1. The van der Waals surface area contributed by atoms with Crippen LogP contribution in [0.3, 0.4) is 0 Å². The molecule has 1 aromatic rings. The molecule has 0 unspecified atom stereocenters. The molecule has 0 saturated carbocycles. The smallest absolute Gasteiger partial charge is 0.404 e. The Hall–Kier alpha value is -1.78. The number of hydrogen-bond donors (Lipinski definition) is 0. The van der Waals surface area contributed by atoms with E-state index >= 15 is 0 Å². The molecule has 0 radical (unpaired) electrons. The van der Waals surface area contributed by atoms with Crippen LogP contribution >= 0.6 is 0 Å². The molecule has 0 N–H and O–H groups in total. The van der Waals surface area contributed by atoms with E-state index in [2.05, 4.69) is 4.74 Å². The van der Waals surface area contributed by atoms with Crippen molar-refractivity contribution in [1.82, 2.24) is 0 Å². The highest BCUT2D eigenvalue weighted by atomic mass is 19.3. The summed E-state index contributed by atoms with van der Waals surface area (Å²) in [7, 11) is 0. The molecule has 0 atom stereocenters. The lowest BCUT2D eigenvalue weighted by Gasteiger charge is -2.14. The average molecular weight is 270 g/mol. The number of unbranched alkanes of at least 4 members (excludes halogenated alkanes) is 2. The second-order valence-corrected chi connectivity index (χ2v) is 4.11. The standard InChI is InChI=1S/C14H16F2O3/c1-2-3-7-10-19-13(18)14(15,16)12(17)11-8-5-4-6-9-11/h4-6,8-9H,2-3,7,10H2,1H3. The van der Waals surface area contributed by atoms with Crippen LogP contribution in [-0.4, -0.2) is 24.3 Å². The van der Waals surface area contributed by atoms with Crippen molar-refractivity contribution >= 4 is 11.8 Å². The van der Waals surface area contributed by atoms with Gasteiger partial charge < -0.3 is 4.74 Å². The van der Waals surface area contributed by atoms with Crippen molar-refractivity contribution in [3.05, 3.63) is 35.9 Å². The van der Waals surface area contributed by atoms with E-state index in [1.165, 1.54) is 24.3 Å². The second kappa shape index (κ2) is 6.97. The number of rotatable bonds is 7. The molecule has 0 bridgehead atoms. The third-order valence-corrected chi connectivity index (χ3v) is 2.56. The maximum atomic E-state index is 13.6. The fourth-order valence-corrected chi connectivity index (χ4v) is 1.47. The Morgan fingerprint density at radius 2 is 1.79 bits per heavy atom. The number of alkyl halides is 2. The van der Waals surface area contributed by atoms with E-state index in [0.717, 1.165) is 12.8 Å². The van der Waals surface area contributed by atoms with Gasteiger partial charge >= 0.3 is 11.9 Å². The van der Waals surface area contributed by atoms with Crippen molar-refractivity contribution < 1.29 is 23.1 Å². The van der Waals surface area contributed by atoms with Gasteiger partial charge in [-0.1, -0.05) is 50.1 Å². The molecule has 1 aromatic carbocycles. The molecule has 0 fully saturated rings. The molecule has 0 amide bonds. The largest absolute Gasteiger partial charge is 0.461 e. The fraction of sp³-hybridized carbons (Fsp3) is 0.429. The number of halogens is 2. The summed E-state index contributed by atoms with van der Waals surface area (Å²) in [5.41, 5.74) is -0.210. The molecule has 1 rings (SSSR count). The van der Waals surface area contributed by atoms with Gasteiger partial charge in [0.15, 0.2) is 0 Å². The van der Waals surface area contributed by atoms with E-state index in [-0.39, 0.29) is 12.2 Å². The van der Waals surface area contributed by atoms with Crippen LogP contribution in [0.1, 0.15) is 36.5 Å². The lowest BCUT2D eigenvalue weighted by molar-refractivity contribution is -0.165. The number of carbonyl (C=O) groups excluding carboxylic acids is 2. The molecule has 3 nitrogen and oxygen atoms in total. The number of hydrogen-bond acceptors (Lipinski definition) is 3. The highest BCUT2D eigenvalue weighted by Crippen LogP contribution is 2.22. The van der Waals surface area contributed by atoms with Crippen molar-refractivity contribution in [3.63, 3.8) is 0 Å². The average Bonchev–Trinajstić information content (AvgIpc) is 2.43. The van der Waals surface area contributed by atoms with Gasteiger partial charge in [-0.05, 0) is 6.42 Å². The van der Waals surface area contributed by atoms with Crippen molar-refractivity contribution in [2.24, 2.45) is 0 Å². The van der Waals surface area contributed by atoms with E-state index in [0.29, 0.717) is 6.42 Å². The van der Waals surface area contributed by atoms with Gasteiger partial charge in [0, 0.05) is 5.56 Å². The minimum Gasteiger partial charge on any atom is -0.461 e. The van der Waals surface area contributed by atoms with E-state index in [1.807, 2.05) is 6.92 Å². The predicted molar refractivity (Wildman–Crippen MR) is 66.2 cm³/mol. The number of esters is 1. The van der Waals surface area contributed by atoms with Gasteiger partial charge in [0.05, 0.1) is 6.61 Å². The molecule has 104 valence electrons. The first-order chi connectivity index (χ1) is 9.00. The Morgan fingerprint density at radius 3 is 2.37 bits per heavy atom. The highest BCUT2D eigenvalue weighted by Gasteiger charge is 2.49. The number of ketones is 1. The van der Waals surface area contributed by atoms with Gasteiger partial charge in [0.1, 0.15) is 0 Å². The van der Waals surface area contributed by atoms with Crippen LogP contribution in [0.25, 0.3) is 0 Å². The quantitative estimate of drug-likeness (QED) is 0.330. The number of ether oxygens (including phenoxy) is 1. The highest BCUT2D eigenvalue weighted by molar-refractivity contribution is 6.13. The van der Waals surface area contributed by atoms with Crippen LogP contribution in [0.4, 0.5) is 8.78 Å². The SMILES string of the molecule is CCCCCOC(=O)C(F)(F)C(=O)c1ccccc1. The van der Waals surface area contributed by atoms with Crippen LogP contribution in [0, 0.1) is 0 Å². The molecule has 0 aromatic heterocycles. The third kappa shape index (κ3) is 4.12. The van der Waals surface area contributed by atoms with Crippen LogP contribution in [0.5, 0.6) is 0 Å². The van der Waals surface area contributed by atoms with E-state index in [9.17, 15) is 18.4 Å². The van der Waals surface area contributed by atoms with Crippen molar-refractivity contribution in [2.45, 2.75) is 32.1 Å². The lowest BCUT2D eigenvalue weighted by Crippen LogP contribution is -2.39.